The van der Waals surface area contributed by atoms with Crippen LogP contribution in [0.3, 0.4) is 0 Å². The largest absolute Gasteiger partial charge is 0.490 e. The monoisotopic (exact) mass is 295 g/mol. The van der Waals surface area contributed by atoms with E-state index in [-0.39, 0.29) is 0 Å². The predicted octanol–water partition coefficient (Wildman–Crippen LogP) is 4.79. The number of ether oxygens (including phenoxy) is 1. The fourth-order valence-corrected chi connectivity index (χ4v) is 2.03. The molecule has 0 radical (unpaired) electrons. The van der Waals surface area contributed by atoms with Gasteiger partial charge in [0.15, 0.2) is 0 Å². The third kappa shape index (κ3) is 4.34. The van der Waals surface area contributed by atoms with Crippen LogP contribution in [-0.2, 0) is 0 Å². The zero-order valence-electron chi connectivity index (χ0n) is 10.6. The second kappa shape index (κ2) is 6.69. The van der Waals surface area contributed by atoms with E-state index >= 15 is 0 Å². The minimum Gasteiger partial charge on any atom is -0.490 e. The van der Waals surface area contributed by atoms with E-state index in [9.17, 15) is 0 Å². The lowest BCUT2D eigenvalue weighted by molar-refractivity contribution is 0.333. The van der Waals surface area contributed by atoms with Crippen LogP contribution in [0.1, 0.15) is 5.56 Å². The summed E-state index contributed by atoms with van der Waals surface area (Å²) in [7, 11) is 0. The predicted molar refractivity (Wildman–Crippen MR) is 81.6 cm³/mol. The van der Waals surface area contributed by atoms with Gasteiger partial charge in [0.1, 0.15) is 12.4 Å². The van der Waals surface area contributed by atoms with Crippen molar-refractivity contribution < 1.29 is 4.74 Å². The molecule has 0 atom stereocenters. The minimum absolute atomic E-state index is 0.522. The fraction of sp³-hybridized carbons (Fsp3) is 0.200. The van der Waals surface area contributed by atoms with Crippen molar-refractivity contribution in [2.24, 2.45) is 0 Å². The quantitative estimate of drug-likeness (QED) is 0.801. The topological polar surface area (TPSA) is 21.3 Å². The van der Waals surface area contributed by atoms with Gasteiger partial charge in [-0.2, -0.15) is 0 Å². The summed E-state index contributed by atoms with van der Waals surface area (Å²) in [5.41, 5.74) is 2.31. The molecule has 0 saturated heterocycles. The number of anilines is 1. The first-order chi connectivity index (χ1) is 9.15. The van der Waals surface area contributed by atoms with Gasteiger partial charge in [-0.05, 0) is 36.8 Å². The molecule has 0 unspecified atom stereocenters. The van der Waals surface area contributed by atoms with Crippen LogP contribution in [0.25, 0.3) is 0 Å². The van der Waals surface area contributed by atoms with Gasteiger partial charge in [-0.3, -0.25) is 0 Å². The van der Waals surface area contributed by atoms with Gasteiger partial charge >= 0.3 is 0 Å². The Hall–Kier alpha value is -1.38. The van der Waals surface area contributed by atoms with E-state index in [0.29, 0.717) is 28.9 Å². The van der Waals surface area contributed by atoms with E-state index in [2.05, 4.69) is 24.4 Å². The van der Waals surface area contributed by atoms with Gasteiger partial charge in [-0.25, -0.2) is 0 Å². The molecule has 2 aromatic carbocycles. The smallest absolute Gasteiger partial charge is 0.139 e. The molecular weight excluding hydrogens is 281 g/mol. The number of rotatable bonds is 5. The Balaban J connectivity index is 1.82. The Kier molecular flexibility index (Phi) is 4.94. The third-order valence-electron chi connectivity index (χ3n) is 2.60. The Bertz CT molecular complexity index is 558. The van der Waals surface area contributed by atoms with E-state index < -0.39 is 0 Å². The summed E-state index contributed by atoms with van der Waals surface area (Å²) in [4.78, 5) is 0. The highest BCUT2D eigenvalue weighted by Gasteiger charge is 2.02. The number of aryl methyl sites for hydroxylation is 1. The Labute approximate surface area is 123 Å². The van der Waals surface area contributed by atoms with Crippen LogP contribution in [0.4, 0.5) is 5.69 Å². The van der Waals surface area contributed by atoms with Crippen LogP contribution in [0, 0.1) is 6.92 Å². The standard InChI is InChI=1S/C15H15Cl2NO/c1-11-3-2-4-13(9-11)18-7-8-19-15-10-12(16)5-6-14(15)17/h2-6,9-10,18H,7-8H2,1H3. The van der Waals surface area contributed by atoms with Crippen LogP contribution in [0.5, 0.6) is 5.75 Å². The molecule has 0 aromatic heterocycles. The molecular formula is C15H15Cl2NO. The van der Waals surface area contributed by atoms with Gasteiger partial charge in [0.25, 0.3) is 0 Å². The Morgan fingerprint density at radius 1 is 1.11 bits per heavy atom. The van der Waals surface area contributed by atoms with Crippen molar-refractivity contribution in [2.75, 3.05) is 18.5 Å². The van der Waals surface area contributed by atoms with Crippen LogP contribution in [-0.4, -0.2) is 13.2 Å². The third-order valence-corrected chi connectivity index (χ3v) is 3.15. The van der Waals surface area contributed by atoms with Crippen molar-refractivity contribution in [3.05, 3.63) is 58.1 Å². The van der Waals surface area contributed by atoms with E-state index in [1.165, 1.54) is 5.56 Å². The fourth-order valence-electron chi connectivity index (χ4n) is 1.70. The molecule has 0 aliphatic carbocycles. The Morgan fingerprint density at radius 3 is 2.74 bits per heavy atom. The van der Waals surface area contributed by atoms with E-state index in [4.69, 9.17) is 27.9 Å². The minimum atomic E-state index is 0.522. The second-order valence-electron chi connectivity index (χ2n) is 4.22. The van der Waals surface area contributed by atoms with Crippen LogP contribution >= 0.6 is 23.2 Å². The first kappa shape index (κ1) is 14.0. The summed E-state index contributed by atoms with van der Waals surface area (Å²) in [5, 5.41) is 4.47. The Morgan fingerprint density at radius 2 is 1.95 bits per heavy atom. The maximum atomic E-state index is 6.01. The maximum absolute atomic E-state index is 6.01. The number of nitrogens with one attached hydrogen (secondary N) is 1. The average molecular weight is 296 g/mol. The molecule has 0 fully saturated rings. The lowest BCUT2D eigenvalue weighted by Gasteiger charge is -2.10. The van der Waals surface area contributed by atoms with Crippen molar-refractivity contribution in [2.45, 2.75) is 6.92 Å². The summed E-state index contributed by atoms with van der Waals surface area (Å²) in [6.45, 7) is 3.29. The van der Waals surface area contributed by atoms with E-state index in [0.717, 1.165) is 5.69 Å². The van der Waals surface area contributed by atoms with Gasteiger partial charge < -0.3 is 10.1 Å². The van der Waals surface area contributed by atoms with Gasteiger partial charge in [0.05, 0.1) is 5.02 Å². The van der Waals surface area contributed by atoms with Crippen molar-refractivity contribution in [3.63, 3.8) is 0 Å². The van der Waals surface area contributed by atoms with Crippen molar-refractivity contribution >= 4 is 28.9 Å². The maximum Gasteiger partial charge on any atom is 0.139 e. The van der Waals surface area contributed by atoms with Crippen molar-refractivity contribution in [1.82, 2.24) is 0 Å². The molecule has 0 aliphatic rings. The second-order valence-corrected chi connectivity index (χ2v) is 5.06. The number of benzene rings is 2. The lowest BCUT2D eigenvalue weighted by Crippen LogP contribution is -2.11. The summed E-state index contributed by atoms with van der Waals surface area (Å²) >= 11 is 11.9. The highest BCUT2D eigenvalue weighted by atomic mass is 35.5. The van der Waals surface area contributed by atoms with Crippen LogP contribution in [0.2, 0.25) is 10.0 Å². The molecule has 1 N–H and O–H groups in total. The van der Waals surface area contributed by atoms with E-state index in [1.54, 1.807) is 18.2 Å². The van der Waals surface area contributed by atoms with Gasteiger partial charge in [-0.1, -0.05) is 35.3 Å². The molecule has 0 aliphatic heterocycles. The molecule has 0 heterocycles. The molecule has 100 valence electrons. The molecule has 0 spiro atoms. The first-order valence-electron chi connectivity index (χ1n) is 6.03. The molecule has 2 aromatic rings. The molecule has 19 heavy (non-hydrogen) atoms. The lowest BCUT2D eigenvalue weighted by atomic mass is 10.2. The number of hydrogen-bond acceptors (Lipinski definition) is 2. The van der Waals surface area contributed by atoms with Gasteiger partial charge in [-0.15, -0.1) is 0 Å². The number of hydrogen-bond donors (Lipinski definition) is 1. The molecule has 0 saturated carbocycles. The molecule has 0 bridgehead atoms. The average Bonchev–Trinajstić information content (AvgIpc) is 2.39. The normalized spacial score (nSPS) is 10.3. The van der Waals surface area contributed by atoms with Crippen molar-refractivity contribution in [1.29, 1.82) is 0 Å². The zero-order chi connectivity index (χ0) is 13.7. The summed E-state index contributed by atoms with van der Waals surface area (Å²) in [6.07, 6.45) is 0. The van der Waals surface area contributed by atoms with E-state index in [1.807, 2.05) is 12.1 Å². The molecule has 2 nitrogen and oxygen atoms in total. The number of halogens is 2. The summed E-state index contributed by atoms with van der Waals surface area (Å²) < 4.78 is 5.59. The first-order valence-corrected chi connectivity index (χ1v) is 6.79. The molecule has 0 amide bonds. The van der Waals surface area contributed by atoms with Crippen LogP contribution < -0.4 is 10.1 Å². The van der Waals surface area contributed by atoms with Gasteiger partial charge in [0, 0.05) is 23.3 Å². The highest BCUT2D eigenvalue weighted by molar-refractivity contribution is 6.34. The molecule has 4 heteroatoms. The van der Waals surface area contributed by atoms with Crippen LogP contribution in [0.15, 0.2) is 42.5 Å². The zero-order valence-corrected chi connectivity index (χ0v) is 12.1. The summed E-state index contributed by atoms with van der Waals surface area (Å²) in [6, 6.07) is 13.4. The highest BCUT2D eigenvalue weighted by Crippen LogP contribution is 2.27. The molecule has 2 rings (SSSR count). The SMILES string of the molecule is Cc1cccc(NCCOc2cc(Cl)ccc2Cl)c1. The van der Waals surface area contributed by atoms with Gasteiger partial charge in [0.2, 0.25) is 0 Å². The summed E-state index contributed by atoms with van der Waals surface area (Å²) in [5.74, 6) is 0.611. The van der Waals surface area contributed by atoms with Crippen molar-refractivity contribution in [3.8, 4) is 5.75 Å².